The molecule has 3 heterocycles. The van der Waals surface area contributed by atoms with Crippen molar-refractivity contribution in [3.63, 3.8) is 0 Å². The van der Waals surface area contributed by atoms with Gasteiger partial charge in [0.15, 0.2) is 0 Å². The van der Waals surface area contributed by atoms with Gasteiger partial charge in [-0.15, -0.1) is 0 Å². The zero-order valence-electron chi connectivity index (χ0n) is 26.4. The summed E-state index contributed by atoms with van der Waals surface area (Å²) in [6.45, 7) is 4.39. The van der Waals surface area contributed by atoms with Crippen LogP contribution in [0.2, 0.25) is 0 Å². The second-order valence-corrected chi connectivity index (χ2v) is 12.3. The van der Waals surface area contributed by atoms with Crippen molar-refractivity contribution in [2.24, 2.45) is 0 Å². The molecule has 0 N–H and O–H groups in total. The first-order valence-electron chi connectivity index (χ1n) is 16.1. The first-order chi connectivity index (χ1) is 23.1. The van der Waals surface area contributed by atoms with E-state index in [9.17, 15) is 0 Å². The summed E-state index contributed by atoms with van der Waals surface area (Å²) >= 11 is 0. The normalized spacial score (nSPS) is 11.4. The van der Waals surface area contributed by atoms with Crippen LogP contribution >= 0.6 is 0 Å². The fraction of sp³-hybridized carbons (Fsp3) is 0.0682. The van der Waals surface area contributed by atoms with Crippen LogP contribution in [0.25, 0.3) is 77.8 Å². The van der Waals surface area contributed by atoms with E-state index in [1.165, 1.54) is 16.7 Å². The first-order valence-corrected chi connectivity index (χ1v) is 16.1. The average molecular weight is 604 g/mol. The molecular weight excluding hydrogens is 571 g/mol. The summed E-state index contributed by atoms with van der Waals surface area (Å²) in [7, 11) is 0. The lowest BCUT2D eigenvalue weighted by atomic mass is 9.96. The molecule has 0 bridgehead atoms. The summed E-state index contributed by atoms with van der Waals surface area (Å²) in [6.07, 6.45) is 0. The molecule has 5 aromatic carbocycles. The van der Waals surface area contributed by atoms with Crippen LogP contribution in [0.15, 0.2) is 158 Å². The topological polar surface area (TPSA) is 38.7 Å². The van der Waals surface area contributed by atoms with Gasteiger partial charge in [-0.3, -0.25) is 4.98 Å². The van der Waals surface area contributed by atoms with E-state index in [1.807, 2.05) is 12.1 Å². The Hall–Kier alpha value is -5.93. The lowest BCUT2D eigenvalue weighted by Crippen LogP contribution is -1.97. The van der Waals surface area contributed by atoms with Crippen molar-refractivity contribution in [1.29, 1.82) is 0 Å². The molecule has 47 heavy (non-hydrogen) atoms. The average Bonchev–Trinajstić information content (AvgIpc) is 3.15. The van der Waals surface area contributed by atoms with Crippen LogP contribution in [-0.4, -0.2) is 15.0 Å². The molecular formula is C44H33N3. The SMILES string of the molecule is CC(C)c1cc(-c2ccccc2)c2ccc3ccc(-c4ccc(-c5cc(-c6ccccc6)cc(-c6ccccc6)n5)cc4)nc3c2n1. The van der Waals surface area contributed by atoms with Crippen LogP contribution in [0.5, 0.6) is 0 Å². The van der Waals surface area contributed by atoms with E-state index in [4.69, 9.17) is 15.0 Å². The molecule has 3 heteroatoms. The van der Waals surface area contributed by atoms with E-state index in [0.29, 0.717) is 5.92 Å². The number of fused-ring (bicyclic) bond motifs is 3. The minimum atomic E-state index is 0.296. The van der Waals surface area contributed by atoms with Crippen LogP contribution in [-0.2, 0) is 0 Å². The maximum absolute atomic E-state index is 5.24. The van der Waals surface area contributed by atoms with Crippen LogP contribution in [0.1, 0.15) is 25.5 Å². The Labute approximate surface area is 275 Å². The highest BCUT2D eigenvalue weighted by Crippen LogP contribution is 2.36. The summed E-state index contributed by atoms with van der Waals surface area (Å²) in [5.74, 6) is 0.296. The smallest absolute Gasteiger partial charge is 0.0974 e. The van der Waals surface area contributed by atoms with Crippen molar-refractivity contribution >= 4 is 21.8 Å². The second kappa shape index (κ2) is 12.1. The highest BCUT2D eigenvalue weighted by molar-refractivity contribution is 6.08. The van der Waals surface area contributed by atoms with Gasteiger partial charge in [0.05, 0.1) is 28.1 Å². The predicted molar refractivity (Wildman–Crippen MR) is 196 cm³/mol. The van der Waals surface area contributed by atoms with Crippen molar-refractivity contribution in [3.05, 3.63) is 163 Å². The second-order valence-electron chi connectivity index (χ2n) is 12.3. The van der Waals surface area contributed by atoms with Gasteiger partial charge in [0, 0.05) is 33.2 Å². The molecule has 3 nitrogen and oxygen atoms in total. The molecule has 0 aliphatic heterocycles. The van der Waals surface area contributed by atoms with Gasteiger partial charge in [-0.05, 0) is 52.4 Å². The molecule has 0 spiro atoms. The fourth-order valence-electron chi connectivity index (χ4n) is 6.25. The van der Waals surface area contributed by atoms with Crippen molar-refractivity contribution in [3.8, 4) is 56.0 Å². The van der Waals surface area contributed by atoms with Gasteiger partial charge in [0.2, 0.25) is 0 Å². The lowest BCUT2D eigenvalue weighted by Gasteiger charge is -2.14. The number of hydrogen-bond acceptors (Lipinski definition) is 3. The van der Waals surface area contributed by atoms with E-state index in [2.05, 4.69) is 159 Å². The molecule has 0 fully saturated rings. The van der Waals surface area contributed by atoms with Gasteiger partial charge < -0.3 is 0 Å². The number of aromatic nitrogens is 3. The molecule has 0 aliphatic carbocycles. The maximum atomic E-state index is 5.24. The number of nitrogens with zero attached hydrogens (tertiary/aromatic N) is 3. The molecule has 0 amide bonds. The fourth-order valence-corrected chi connectivity index (χ4v) is 6.25. The maximum Gasteiger partial charge on any atom is 0.0974 e. The molecule has 0 atom stereocenters. The van der Waals surface area contributed by atoms with E-state index in [0.717, 1.165) is 66.8 Å². The van der Waals surface area contributed by atoms with E-state index in [-0.39, 0.29) is 0 Å². The molecule has 0 unspecified atom stereocenters. The van der Waals surface area contributed by atoms with Gasteiger partial charge in [0.1, 0.15) is 0 Å². The third-order valence-electron chi connectivity index (χ3n) is 8.81. The lowest BCUT2D eigenvalue weighted by molar-refractivity contribution is 0.831. The molecule has 0 saturated carbocycles. The minimum Gasteiger partial charge on any atom is -0.250 e. The number of hydrogen-bond donors (Lipinski definition) is 0. The van der Waals surface area contributed by atoms with Gasteiger partial charge in [0.25, 0.3) is 0 Å². The third-order valence-corrected chi connectivity index (χ3v) is 8.81. The summed E-state index contributed by atoms with van der Waals surface area (Å²) in [6, 6.07) is 55.3. The zero-order valence-corrected chi connectivity index (χ0v) is 26.4. The van der Waals surface area contributed by atoms with E-state index < -0.39 is 0 Å². The van der Waals surface area contributed by atoms with Crippen LogP contribution in [0.3, 0.4) is 0 Å². The molecule has 8 aromatic rings. The van der Waals surface area contributed by atoms with Gasteiger partial charge >= 0.3 is 0 Å². The Morgan fingerprint density at radius 2 is 0.915 bits per heavy atom. The standard InChI is InChI=1S/C44H33N3/c1-29(2)40-28-38(31-14-8-4-9-15-31)37-24-22-35-23-25-39(46-43(35)44(37)47-40)33-18-20-34(21-19-33)42-27-36(30-12-6-3-7-13-30)26-41(45-42)32-16-10-5-11-17-32/h3-29H,1-2H3. The predicted octanol–water partition coefficient (Wildman–Crippen LogP) is 11.6. The van der Waals surface area contributed by atoms with Crippen molar-refractivity contribution in [2.75, 3.05) is 0 Å². The van der Waals surface area contributed by atoms with Gasteiger partial charge in [-0.1, -0.05) is 147 Å². The number of benzene rings is 5. The van der Waals surface area contributed by atoms with Crippen LogP contribution < -0.4 is 0 Å². The Bertz CT molecular complexity index is 2290. The summed E-state index contributed by atoms with van der Waals surface area (Å²) in [5.41, 5.74) is 13.7. The summed E-state index contributed by atoms with van der Waals surface area (Å²) in [4.78, 5) is 15.5. The van der Waals surface area contributed by atoms with Gasteiger partial charge in [-0.2, -0.15) is 0 Å². The van der Waals surface area contributed by atoms with Crippen molar-refractivity contribution in [1.82, 2.24) is 15.0 Å². The highest BCUT2D eigenvalue weighted by Gasteiger charge is 2.15. The summed E-state index contributed by atoms with van der Waals surface area (Å²) < 4.78 is 0. The summed E-state index contributed by atoms with van der Waals surface area (Å²) in [5, 5.41) is 2.20. The largest absolute Gasteiger partial charge is 0.250 e. The molecule has 3 aromatic heterocycles. The van der Waals surface area contributed by atoms with Crippen LogP contribution in [0, 0.1) is 0 Å². The molecule has 0 aliphatic rings. The molecule has 8 rings (SSSR count). The Balaban J connectivity index is 1.22. The monoisotopic (exact) mass is 603 g/mol. The van der Waals surface area contributed by atoms with E-state index >= 15 is 0 Å². The number of rotatable bonds is 6. The van der Waals surface area contributed by atoms with Crippen LogP contribution in [0.4, 0.5) is 0 Å². The molecule has 0 radical (unpaired) electrons. The Morgan fingerprint density at radius 1 is 0.383 bits per heavy atom. The number of pyridine rings is 3. The highest BCUT2D eigenvalue weighted by atomic mass is 14.8. The Kier molecular flexibility index (Phi) is 7.35. The molecule has 224 valence electrons. The third kappa shape index (κ3) is 5.57. The minimum absolute atomic E-state index is 0.296. The quantitative estimate of drug-likeness (QED) is 0.177. The molecule has 0 saturated heterocycles. The van der Waals surface area contributed by atoms with Crippen molar-refractivity contribution < 1.29 is 0 Å². The van der Waals surface area contributed by atoms with Gasteiger partial charge in [-0.25, -0.2) is 9.97 Å². The van der Waals surface area contributed by atoms with E-state index in [1.54, 1.807) is 0 Å². The first kappa shape index (κ1) is 28.5. The van der Waals surface area contributed by atoms with Crippen molar-refractivity contribution in [2.45, 2.75) is 19.8 Å². The zero-order chi connectivity index (χ0) is 31.7. The Morgan fingerprint density at radius 3 is 1.53 bits per heavy atom.